The van der Waals surface area contributed by atoms with Crippen LogP contribution in [0.4, 0.5) is 0 Å². The Morgan fingerprint density at radius 3 is 2.55 bits per heavy atom. The molecule has 9 atom stereocenters. The van der Waals surface area contributed by atoms with Gasteiger partial charge in [0.1, 0.15) is 0 Å². The van der Waals surface area contributed by atoms with E-state index in [-0.39, 0.29) is 6.10 Å². The maximum atomic E-state index is 12.7. The lowest BCUT2D eigenvalue weighted by Crippen LogP contribution is -2.51. The van der Waals surface area contributed by atoms with E-state index in [1.54, 1.807) is 11.0 Å². The van der Waals surface area contributed by atoms with Gasteiger partial charge in [-0.1, -0.05) is 95.9 Å². The van der Waals surface area contributed by atoms with Crippen LogP contribution in [0.2, 0.25) is 0 Å². The van der Waals surface area contributed by atoms with Crippen LogP contribution in [-0.4, -0.2) is 10.3 Å². The summed E-state index contributed by atoms with van der Waals surface area (Å²) in [6, 6.07) is 10.1. The Bertz CT molecular complexity index is 1030. The number of benzene rings is 1. The van der Waals surface area contributed by atoms with Crippen molar-refractivity contribution in [1.82, 2.24) is 0 Å². The van der Waals surface area contributed by atoms with E-state index in [0.29, 0.717) is 10.8 Å². The van der Waals surface area contributed by atoms with E-state index >= 15 is 0 Å². The van der Waals surface area contributed by atoms with Gasteiger partial charge < -0.3 is 0 Å². The van der Waals surface area contributed by atoms with Crippen LogP contribution in [0.15, 0.2) is 47.4 Å². The molecule has 4 aliphatic rings. The fourth-order valence-corrected chi connectivity index (χ4v) is 10.4. The van der Waals surface area contributed by atoms with Crippen LogP contribution >= 0.6 is 0 Å². The minimum atomic E-state index is -1.38. The predicted molar refractivity (Wildman–Crippen MR) is 162 cm³/mol. The zero-order valence-electron chi connectivity index (χ0n) is 24.7. The highest BCUT2D eigenvalue weighted by molar-refractivity contribution is 7.83. The molecule has 0 heterocycles. The van der Waals surface area contributed by atoms with Crippen LogP contribution in [0.5, 0.6) is 0 Å². The maximum Gasteiger partial charge on any atom is 0.181 e. The first-order valence-electron chi connectivity index (χ1n) is 15.7. The molecule has 5 rings (SSSR count). The Morgan fingerprint density at radius 2 is 1.79 bits per heavy atom. The molecule has 0 N–H and O–H groups in total. The van der Waals surface area contributed by atoms with Gasteiger partial charge in [0.25, 0.3) is 0 Å². The molecule has 0 aliphatic heterocycles. The van der Waals surface area contributed by atoms with Gasteiger partial charge in [-0.15, -0.1) is 0 Å². The van der Waals surface area contributed by atoms with Gasteiger partial charge in [0.2, 0.25) is 0 Å². The number of hydrogen-bond acceptors (Lipinski definition) is 2. The second kappa shape index (κ2) is 11.7. The molecule has 3 fully saturated rings. The first-order chi connectivity index (χ1) is 18.2. The van der Waals surface area contributed by atoms with Crippen LogP contribution in [0, 0.1) is 46.3 Å². The van der Waals surface area contributed by atoms with E-state index in [4.69, 9.17) is 4.18 Å². The lowest BCUT2D eigenvalue weighted by Gasteiger charge is -2.58. The molecule has 0 radical (unpaired) electrons. The van der Waals surface area contributed by atoms with Crippen LogP contribution in [0.25, 0.3) is 6.08 Å². The lowest BCUT2D eigenvalue weighted by atomic mass is 9.47. The van der Waals surface area contributed by atoms with E-state index in [0.717, 1.165) is 53.9 Å². The van der Waals surface area contributed by atoms with Gasteiger partial charge in [0.05, 0.1) is 6.10 Å². The minimum Gasteiger partial charge on any atom is -0.283 e. The van der Waals surface area contributed by atoms with Gasteiger partial charge in [-0.25, -0.2) is 4.21 Å². The van der Waals surface area contributed by atoms with Crippen molar-refractivity contribution in [3.05, 3.63) is 53.0 Å². The van der Waals surface area contributed by atoms with Gasteiger partial charge >= 0.3 is 0 Å². The summed E-state index contributed by atoms with van der Waals surface area (Å²) in [6.07, 6.45) is 19.0. The molecule has 0 amide bonds. The third-order valence-corrected chi connectivity index (χ3v) is 12.5. The molecule has 0 spiro atoms. The molecule has 1 aromatic rings. The highest BCUT2D eigenvalue weighted by Crippen LogP contribution is 2.67. The largest absolute Gasteiger partial charge is 0.283 e. The van der Waals surface area contributed by atoms with Crippen LogP contribution in [0.1, 0.15) is 111 Å². The van der Waals surface area contributed by atoms with Crippen LogP contribution < -0.4 is 0 Å². The Morgan fingerprint density at radius 1 is 1.00 bits per heavy atom. The van der Waals surface area contributed by atoms with Crippen molar-refractivity contribution in [3.63, 3.8) is 0 Å². The Kier molecular flexibility index (Phi) is 8.75. The van der Waals surface area contributed by atoms with E-state index in [1.165, 1.54) is 57.8 Å². The molecule has 0 aromatic heterocycles. The topological polar surface area (TPSA) is 26.3 Å². The highest BCUT2D eigenvalue weighted by atomic mass is 32.2. The second-order valence-electron chi connectivity index (χ2n) is 14.2. The zero-order valence-corrected chi connectivity index (χ0v) is 25.5. The molecule has 0 saturated heterocycles. The van der Waals surface area contributed by atoms with Crippen LogP contribution in [0.3, 0.4) is 0 Å². The summed E-state index contributed by atoms with van der Waals surface area (Å²) in [6.45, 7) is 12.6. The van der Waals surface area contributed by atoms with Crippen molar-refractivity contribution in [2.24, 2.45) is 46.3 Å². The molecule has 3 saturated carbocycles. The van der Waals surface area contributed by atoms with E-state index in [9.17, 15) is 4.21 Å². The Balaban J connectivity index is 1.22. The van der Waals surface area contributed by atoms with Gasteiger partial charge in [-0.05, 0) is 109 Å². The standard InChI is InChI=1S/C35H52O2S/c1-25(2)10-9-11-26(3)31-16-17-32-30-15-14-28-24-29(37-38(36)23-20-27-12-7-6-8-13-27)18-21-34(28,4)33(30)19-22-35(31,32)5/h6-8,12-14,20,23,25-26,29-33H,9-11,15-19,21-22,24H2,1-5H3/b23-20+/t26-,29+,30+,31-,32+,33+,34+,35-,38?/m1/s1. The van der Waals surface area contributed by atoms with Gasteiger partial charge in [-0.3, -0.25) is 4.18 Å². The third kappa shape index (κ3) is 5.67. The highest BCUT2D eigenvalue weighted by Gasteiger charge is 2.59. The number of hydrogen-bond donors (Lipinski definition) is 0. The van der Waals surface area contributed by atoms with E-state index < -0.39 is 11.1 Å². The van der Waals surface area contributed by atoms with Gasteiger partial charge in [-0.2, -0.15) is 0 Å². The quantitative estimate of drug-likeness (QED) is 0.294. The van der Waals surface area contributed by atoms with Crippen molar-refractivity contribution < 1.29 is 8.39 Å². The fraction of sp³-hybridized carbons (Fsp3) is 0.714. The molecule has 1 unspecified atom stereocenters. The number of rotatable bonds is 9. The summed E-state index contributed by atoms with van der Waals surface area (Å²) in [5.74, 6) is 5.20. The third-order valence-electron chi connectivity index (χ3n) is 11.7. The predicted octanol–water partition coefficient (Wildman–Crippen LogP) is 9.75. The molecule has 2 nitrogen and oxygen atoms in total. The molecule has 210 valence electrons. The number of allylic oxidation sites excluding steroid dienone is 1. The van der Waals surface area contributed by atoms with Crippen molar-refractivity contribution in [2.45, 2.75) is 111 Å². The molecule has 1 aromatic carbocycles. The SMILES string of the molecule is CC(C)CCC[C@@H](C)[C@H]1CC[C@H]2[C@@H]3CC=C4C[C@@H](OS(=O)/C=C/c5ccccc5)CC[C@]4(C)[C@H]3CC[C@]12C. The lowest BCUT2D eigenvalue weighted by molar-refractivity contribution is -0.0554. The van der Waals surface area contributed by atoms with Crippen molar-refractivity contribution in [3.8, 4) is 0 Å². The first kappa shape index (κ1) is 28.3. The fourth-order valence-electron chi connectivity index (χ4n) is 9.60. The Hall–Kier alpha value is -1.19. The van der Waals surface area contributed by atoms with Crippen molar-refractivity contribution >= 4 is 17.2 Å². The molecular formula is C35H52O2S. The van der Waals surface area contributed by atoms with Crippen molar-refractivity contribution in [2.75, 3.05) is 0 Å². The molecule has 38 heavy (non-hydrogen) atoms. The Labute approximate surface area is 235 Å². The molecular weight excluding hydrogens is 484 g/mol. The van der Waals surface area contributed by atoms with Crippen molar-refractivity contribution in [1.29, 1.82) is 0 Å². The summed E-state index contributed by atoms with van der Waals surface area (Å²) in [5.41, 5.74) is 3.53. The summed E-state index contributed by atoms with van der Waals surface area (Å²) >= 11 is -1.38. The average Bonchev–Trinajstić information content (AvgIpc) is 3.25. The van der Waals surface area contributed by atoms with Gasteiger partial charge in [0, 0.05) is 5.41 Å². The summed E-state index contributed by atoms with van der Waals surface area (Å²) < 4.78 is 18.7. The van der Waals surface area contributed by atoms with Crippen LogP contribution in [-0.2, 0) is 15.3 Å². The summed E-state index contributed by atoms with van der Waals surface area (Å²) in [5, 5.41) is 1.71. The van der Waals surface area contributed by atoms with Gasteiger partial charge in [0.15, 0.2) is 11.1 Å². The monoisotopic (exact) mass is 536 g/mol. The molecule has 4 aliphatic carbocycles. The van der Waals surface area contributed by atoms with E-state index in [2.05, 4.69) is 40.7 Å². The average molecular weight is 537 g/mol. The minimum absolute atomic E-state index is 0.0727. The number of fused-ring (bicyclic) bond motifs is 5. The first-order valence-corrected chi connectivity index (χ1v) is 16.8. The summed E-state index contributed by atoms with van der Waals surface area (Å²) in [4.78, 5) is 0. The summed E-state index contributed by atoms with van der Waals surface area (Å²) in [7, 11) is 0. The molecule has 3 heteroatoms. The van der Waals surface area contributed by atoms with E-state index in [1.807, 2.05) is 36.4 Å². The molecule has 0 bridgehead atoms. The smallest absolute Gasteiger partial charge is 0.181 e. The maximum absolute atomic E-state index is 12.7. The normalized spacial score (nSPS) is 38.4. The second-order valence-corrected chi connectivity index (χ2v) is 15.2. The zero-order chi connectivity index (χ0) is 26.9.